The lowest BCUT2D eigenvalue weighted by molar-refractivity contribution is 0.323. The molecule has 7 heteroatoms. The minimum atomic E-state index is -3.54. The molecule has 0 unspecified atom stereocenters. The molecule has 2 rings (SSSR count). The van der Waals surface area contributed by atoms with Crippen LogP contribution in [0.25, 0.3) is 0 Å². The Bertz CT molecular complexity index is 685. The van der Waals surface area contributed by atoms with E-state index in [0.29, 0.717) is 16.5 Å². The number of nitrogens with one attached hydrogen (secondary N) is 1. The average molecular weight is 327 g/mol. The van der Waals surface area contributed by atoms with Gasteiger partial charge in [0, 0.05) is 17.3 Å². The molecule has 0 saturated carbocycles. The van der Waals surface area contributed by atoms with Crippen LogP contribution in [0.1, 0.15) is 0 Å². The zero-order chi connectivity index (χ0) is 15.3. The zero-order valence-corrected chi connectivity index (χ0v) is 12.7. The highest BCUT2D eigenvalue weighted by molar-refractivity contribution is 7.89. The fourth-order valence-corrected chi connectivity index (χ4v) is 2.75. The van der Waals surface area contributed by atoms with E-state index in [9.17, 15) is 8.42 Å². The number of nitrogen functional groups attached to an aromatic ring is 1. The summed E-state index contributed by atoms with van der Waals surface area (Å²) >= 11 is 5.76. The second kappa shape index (κ2) is 6.80. The van der Waals surface area contributed by atoms with E-state index in [1.165, 1.54) is 12.1 Å². The van der Waals surface area contributed by atoms with E-state index in [0.717, 1.165) is 0 Å². The van der Waals surface area contributed by atoms with Crippen molar-refractivity contribution in [1.82, 2.24) is 4.72 Å². The van der Waals surface area contributed by atoms with Crippen molar-refractivity contribution in [2.75, 3.05) is 18.9 Å². The third-order valence-corrected chi connectivity index (χ3v) is 4.40. The van der Waals surface area contributed by atoms with E-state index in [1.807, 2.05) is 0 Å². The minimum absolute atomic E-state index is 0.162. The summed E-state index contributed by atoms with van der Waals surface area (Å²) in [5.74, 6) is 0.631. The monoisotopic (exact) mass is 326 g/mol. The van der Waals surface area contributed by atoms with Crippen molar-refractivity contribution < 1.29 is 13.2 Å². The summed E-state index contributed by atoms with van der Waals surface area (Å²) < 4.78 is 31.8. The van der Waals surface area contributed by atoms with Gasteiger partial charge in [-0.25, -0.2) is 13.1 Å². The highest BCUT2D eigenvalue weighted by Gasteiger charge is 2.12. The van der Waals surface area contributed by atoms with Crippen molar-refractivity contribution in [1.29, 1.82) is 0 Å². The molecule has 3 N–H and O–H groups in total. The van der Waals surface area contributed by atoms with Gasteiger partial charge < -0.3 is 10.5 Å². The van der Waals surface area contributed by atoms with Gasteiger partial charge in [0.15, 0.2) is 0 Å². The lowest BCUT2D eigenvalue weighted by Crippen LogP contribution is -2.28. The molecule has 21 heavy (non-hydrogen) atoms. The van der Waals surface area contributed by atoms with Gasteiger partial charge in [0.05, 0.1) is 4.90 Å². The molecule has 0 amide bonds. The molecule has 0 heterocycles. The number of sulfonamides is 1. The quantitative estimate of drug-likeness (QED) is 0.630. The van der Waals surface area contributed by atoms with E-state index in [1.54, 1.807) is 36.4 Å². The molecule has 112 valence electrons. The SMILES string of the molecule is Nc1ccc(S(=O)(=O)NCCOc2ccc(Cl)cc2)cc1. The van der Waals surface area contributed by atoms with Gasteiger partial charge in [0.1, 0.15) is 12.4 Å². The Kier molecular flexibility index (Phi) is 5.06. The van der Waals surface area contributed by atoms with Crippen LogP contribution in [0.2, 0.25) is 5.02 Å². The Balaban J connectivity index is 1.85. The summed E-state index contributed by atoms with van der Waals surface area (Å²) in [5.41, 5.74) is 6.04. The summed E-state index contributed by atoms with van der Waals surface area (Å²) in [6.07, 6.45) is 0. The number of rotatable bonds is 6. The second-order valence-corrected chi connectivity index (χ2v) is 6.47. The topological polar surface area (TPSA) is 81.4 Å². The van der Waals surface area contributed by atoms with Crippen molar-refractivity contribution >= 4 is 27.3 Å². The number of hydrogen-bond donors (Lipinski definition) is 2. The number of halogens is 1. The van der Waals surface area contributed by atoms with E-state index < -0.39 is 10.0 Å². The maximum Gasteiger partial charge on any atom is 0.240 e. The number of nitrogens with two attached hydrogens (primary N) is 1. The van der Waals surface area contributed by atoms with Gasteiger partial charge in [-0.2, -0.15) is 0 Å². The van der Waals surface area contributed by atoms with Crippen LogP contribution < -0.4 is 15.2 Å². The van der Waals surface area contributed by atoms with Crippen molar-refractivity contribution in [2.45, 2.75) is 4.90 Å². The second-order valence-electron chi connectivity index (χ2n) is 4.27. The summed E-state index contributed by atoms with van der Waals surface area (Å²) in [6.45, 7) is 0.380. The number of ether oxygens (including phenoxy) is 1. The lowest BCUT2D eigenvalue weighted by Gasteiger charge is -2.09. The first-order chi connectivity index (χ1) is 9.97. The van der Waals surface area contributed by atoms with E-state index in [2.05, 4.69) is 4.72 Å². The predicted molar refractivity (Wildman–Crippen MR) is 83.0 cm³/mol. The Morgan fingerprint density at radius 3 is 2.29 bits per heavy atom. The van der Waals surface area contributed by atoms with Gasteiger partial charge >= 0.3 is 0 Å². The highest BCUT2D eigenvalue weighted by Crippen LogP contribution is 2.15. The zero-order valence-electron chi connectivity index (χ0n) is 11.1. The average Bonchev–Trinajstić information content (AvgIpc) is 2.46. The summed E-state index contributed by atoms with van der Waals surface area (Å²) in [4.78, 5) is 0.170. The molecule has 0 aliphatic carbocycles. The maximum atomic E-state index is 12.0. The lowest BCUT2D eigenvalue weighted by atomic mass is 10.3. The fourth-order valence-electron chi connectivity index (χ4n) is 1.61. The smallest absolute Gasteiger partial charge is 0.240 e. The molecule has 2 aromatic rings. The third-order valence-electron chi connectivity index (χ3n) is 2.67. The Labute approximate surface area is 128 Å². The molecule has 0 radical (unpaired) electrons. The Morgan fingerprint density at radius 1 is 1.05 bits per heavy atom. The van der Waals surface area contributed by atoms with Crippen LogP contribution in [-0.4, -0.2) is 21.6 Å². The molecular formula is C14H15ClN2O3S. The van der Waals surface area contributed by atoms with Gasteiger partial charge in [-0.15, -0.1) is 0 Å². The predicted octanol–water partition coefficient (Wildman–Crippen LogP) is 2.28. The molecule has 0 bridgehead atoms. The molecule has 0 aliphatic heterocycles. The van der Waals surface area contributed by atoms with E-state index in [-0.39, 0.29) is 18.0 Å². The van der Waals surface area contributed by atoms with Crippen LogP contribution in [0.5, 0.6) is 5.75 Å². The number of hydrogen-bond acceptors (Lipinski definition) is 4. The summed E-state index contributed by atoms with van der Waals surface area (Å²) in [6, 6.07) is 12.8. The Morgan fingerprint density at radius 2 is 1.67 bits per heavy atom. The first-order valence-electron chi connectivity index (χ1n) is 6.21. The summed E-state index contributed by atoms with van der Waals surface area (Å²) in [7, 11) is -3.54. The van der Waals surface area contributed by atoms with Crippen LogP contribution in [0.4, 0.5) is 5.69 Å². The Hall–Kier alpha value is -1.76. The minimum Gasteiger partial charge on any atom is -0.492 e. The largest absolute Gasteiger partial charge is 0.492 e. The van der Waals surface area contributed by atoms with Gasteiger partial charge in [-0.1, -0.05) is 11.6 Å². The van der Waals surface area contributed by atoms with Crippen molar-refractivity contribution in [3.05, 3.63) is 53.6 Å². The van der Waals surface area contributed by atoms with Crippen LogP contribution >= 0.6 is 11.6 Å². The first-order valence-corrected chi connectivity index (χ1v) is 8.07. The number of benzene rings is 2. The standard InChI is InChI=1S/C14H15ClN2O3S/c15-11-1-5-13(6-2-11)20-10-9-17-21(18,19)14-7-3-12(16)4-8-14/h1-8,17H,9-10,16H2. The van der Waals surface area contributed by atoms with Gasteiger partial charge in [0.2, 0.25) is 10.0 Å². The third kappa shape index (κ3) is 4.63. The van der Waals surface area contributed by atoms with E-state index in [4.69, 9.17) is 22.1 Å². The van der Waals surface area contributed by atoms with Crippen LogP contribution in [-0.2, 0) is 10.0 Å². The van der Waals surface area contributed by atoms with Crippen LogP contribution in [0.15, 0.2) is 53.4 Å². The molecule has 2 aromatic carbocycles. The van der Waals surface area contributed by atoms with Crippen molar-refractivity contribution in [2.24, 2.45) is 0 Å². The van der Waals surface area contributed by atoms with Gasteiger partial charge in [0.25, 0.3) is 0 Å². The maximum absolute atomic E-state index is 12.0. The molecule has 0 fully saturated rings. The van der Waals surface area contributed by atoms with Crippen LogP contribution in [0, 0.1) is 0 Å². The molecular weight excluding hydrogens is 312 g/mol. The molecule has 5 nitrogen and oxygen atoms in total. The molecule has 0 atom stereocenters. The summed E-state index contributed by atoms with van der Waals surface area (Å²) in [5, 5.41) is 0.617. The number of anilines is 1. The molecule has 0 aliphatic rings. The first kappa shape index (κ1) is 15.6. The molecule has 0 spiro atoms. The van der Waals surface area contributed by atoms with Gasteiger partial charge in [-0.3, -0.25) is 0 Å². The highest BCUT2D eigenvalue weighted by atomic mass is 35.5. The molecule has 0 aromatic heterocycles. The fraction of sp³-hybridized carbons (Fsp3) is 0.143. The normalized spacial score (nSPS) is 11.3. The van der Waals surface area contributed by atoms with Crippen molar-refractivity contribution in [3.63, 3.8) is 0 Å². The van der Waals surface area contributed by atoms with Crippen LogP contribution in [0.3, 0.4) is 0 Å². The van der Waals surface area contributed by atoms with E-state index >= 15 is 0 Å². The molecule has 0 saturated heterocycles. The van der Waals surface area contributed by atoms with Gasteiger partial charge in [-0.05, 0) is 48.5 Å². The van der Waals surface area contributed by atoms with Crippen molar-refractivity contribution in [3.8, 4) is 5.75 Å².